The minimum Gasteiger partial charge on any atom is -0.352 e. The van der Waals surface area contributed by atoms with Gasteiger partial charge in [0, 0.05) is 56.7 Å². The number of likely N-dealkylation sites (N-methyl/N-ethyl adjacent to an activating group) is 1. The van der Waals surface area contributed by atoms with E-state index in [-0.39, 0.29) is 30.4 Å². The predicted molar refractivity (Wildman–Crippen MR) is 121 cm³/mol. The van der Waals surface area contributed by atoms with Crippen LogP contribution in [0, 0.1) is 13.8 Å². The lowest BCUT2D eigenvalue weighted by Crippen LogP contribution is -2.47. The molecule has 0 unspecified atom stereocenters. The molecule has 31 heavy (non-hydrogen) atoms. The van der Waals surface area contributed by atoms with Crippen LogP contribution in [0.3, 0.4) is 0 Å². The summed E-state index contributed by atoms with van der Waals surface area (Å²) >= 11 is 0. The van der Waals surface area contributed by atoms with Crippen molar-refractivity contribution < 1.29 is 14.4 Å². The molecule has 0 radical (unpaired) electrons. The molecule has 0 spiro atoms. The zero-order valence-electron chi connectivity index (χ0n) is 18.6. The lowest BCUT2D eigenvalue weighted by molar-refractivity contribution is -0.121. The maximum atomic E-state index is 12.6. The quantitative estimate of drug-likeness (QED) is 0.698. The van der Waals surface area contributed by atoms with E-state index in [1.54, 1.807) is 0 Å². The van der Waals surface area contributed by atoms with Gasteiger partial charge in [-0.1, -0.05) is 29.8 Å². The van der Waals surface area contributed by atoms with Crippen molar-refractivity contribution in [2.24, 2.45) is 0 Å². The third-order valence-electron chi connectivity index (χ3n) is 5.75. The SMILES string of the molecule is Cc1ccc(C)c(C(=O)CCC(=O)NCc2ccc(C(=O)N3CCN(C)CC3)cc2)c1. The summed E-state index contributed by atoms with van der Waals surface area (Å²) in [4.78, 5) is 41.3. The average Bonchev–Trinajstić information content (AvgIpc) is 2.78. The van der Waals surface area contributed by atoms with Gasteiger partial charge < -0.3 is 15.1 Å². The number of carbonyl (C=O) groups is 3. The molecule has 0 aliphatic carbocycles. The number of nitrogens with zero attached hydrogens (tertiary/aromatic N) is 2. The highest BCUT2D eigenvalue weighted by molar-refractivity contribution is 5.99. The summed E-state index contributed by atoms with van der Waals surface area (Å²) in [5.41, 5.74) is 4.24. The first-order valence-electron chi connectivity index (χ1n) is 10.8. The van der Waals surface area contributed by atoms with Crippen molar-refractivity contribution in [3.63, 3.8) is 0 Å². The van der Waals surface area contributed by atoms with Crippen LogP contribution in [0.15, 0.2) is 42.5 Å². The van der Waals surface area contributed by atoms with Crippen molar-refractivity contribution in [1.82, 2.24) is 15.1 Å². The maximum Gasteiger partial charge on any atom is 0.253 e. The van der Waals surface area contributed by atoms with Gasteiger partial charge in [0.25, 0.3) is 5.91 Å². The zero-order valence-corrected chi connectivity index (χ0v) is 18.6. The van der Waals surface area contributed by atoms with E-state index in [2.05, 4.69) is 17.3 Å². The number of rotatable bonds is 7. The Morgan fingerprint density at radius 3 is 2.26 bits per heavy atom. The van der Waals surface area contributed by atoms with E-state index in [0.29, 0.717) is 17.7 Å². The maximum absolute atomic E-state index is 12.6. The van der Waals surface area contributed by atoms with Crippen molar-refractivity contribution in [1.29, 1.82) is 0 Å². The minimum absolute atomic E-state index is 0.0110. The van der Waals surface area contributed by atoms with Crippen LogP contribution in [-0.2, 0) is 11.3 Å². The van der Waals surface area contributed by atoms with Crippen molar-refractivity contribution in [3.05, 3.63) is 70.3 Å². The summed E-state index contributed by atoms with van der Waals surface area (Å²) in [6.45, 7) is 7.50. The molecule has 1 fully saturated rings. The van der Waals surface area contributed by atoms with E-state index in [0.717, 1.165) is 42.9 Å². The molecule has 3 rings (SSSR count). The van der Waals surface area contributed by atoms with E-state index in [1.165, 1.54) is 0 Å². The molecule has 1 heterocycles. The van der Waals surface area contributed by atoms with Crippen LogP contribution in [0.1, 0.15) is 50.2 Å². The number of piperazine rings is 1. The molecule has 1 N–H and O–H groups in total. The number of benzene rings is 2. The second kappa shape index (κ2) is 10.4. The Balaban J connectivity index is 1.45. The predicted octanol–water partition coefficient (Wildman–Crippen LogP) is 2.97. The highest BCUT2D eigenvalue weighted by atomic mass is 16.2. The Kier molecular flexibility index (Phi) is 7.58. The van der Waals surface area contributed by atoms with Gasteiger partial charge in [-0.15, -0.1) is 0 Å². The van der Waals surface area contributed by atoms with Crippen LogP contribution in [0.5, 0.6) is 0 Å². The van der Waals surface area contributed by atoms with Crippen LogP contribution < -0.4 is 5.32 Å². The van der Waals surface area contributed by atoms with Crippen LogP contribution >= 0.6 is 0 Å². The molecule has 6 nitrogen and oxygen atoms in total. The molecule has 164 valence electrons. The van der Waals surface area contributed by atoms with Crippen molar-refractivity contribution in [2.75, 3.05) is 33.2 Å². The van der Waals surface area contributed by atoms with E-state index in [1.807, 2.05) is 61.2 Å². The molecule has 0 bridgehead atoms. The Labute approximate surface area is 184 Å². The number of hydrogen-bond donors (Lipinski definition) is 1. The van der Waals surface area contributed by atoms with Gasteiger partial charge in [0.15, 0.2) is 5.78 Å². The van der Waals surface area contributed by atoms with Crippen LogP contribution in [0.25, 0.3) is 0 Å². The molecule has 1 aliphatic heterocycles. The third kappa shape index (κ3) is 6.25. The van der Waals surface area contributed by atoms with Gasteiger partial charge in [-0.05, 0) is 50.2 Å². The molecule has 6 heteroatoms. The molecule has 0 atom stereocenters. The average molecular weight is 422 g/mol. The summed E-state index contributed by atoms with van der Waals surface area (Å²) in [6, 6.07) is 13.1. The first kappa shape index (κ1) is 22.7. The highest BCUT2D eigenvalue weighted by Gasteiger charge is 2.20. The summed E-state index contributed by atoms with van der Waals surface area (Å²) in [6.07, 6.45) is 0.348. The van der Waals surface area contributed by atoms with Gasteiger partial charge in [0.2, 0.25) is 5.91 Å². The second-order valence-electron chi connectivity index (χ2n) is 8.31. The molecule has 2 aromatic carbocycles. The Morgan fingerprint density at radius 1 is 0.903 bits per heavy atom. The number of ketones is 1. The number of aryl methyl sites for hydroxylation is 2. The molecule has 2 amide bonds. The second-order valence-corrected chi connectivity index (χ2v) is 8.31. The number of carbonyl (C=O) groups excluding carboxylic acids is 3. The van der Waals surface area contributed by atoms with E-state index >= 15 is 0 Å². The number of amides is 2. The number of Topliss-reactive ketones (excluding diaryl/α,β-unsaturated/α-hetero) is 1. The van der Waals surface area contributed by atoms with Gasteiger partial charge in [-0.2, -0.15) is 0 Å². The molecule has 2 aromatic rings. The monoisotopic (exact) mass is 421 g/mol. The molecule has 1 aliphatic rings. The fraction of sp³-hybridized carbons (Fsp3) is 0.400. The van der Waals surface area contributed by atoms with E-state index in [4.69, 9.17) is 0 Å². The lowest BCUT2D eigenvalue weighted by atomic mass is 9.99. The van der Waals surface area contributed by atoms with Gasteiger partial charge in [0.1, 0.15) is 0 Å². The smallest absolute Gasteiger partial charge is 0.253 e. The lowest BCUT2D eigenvalue weighted by Gasteiger charge is -2.32. The largest absolute Gasteiger partial charge is 0.352 e. The summed E-state index contributed by atoms with van der Waals surface area (Å²) in [5, 5.41) is 2.86. The third-order valence-corrected chi connectivity index (χ3v) is 5.75. The molecule has 1 saturated heterocycles. The van der Waals surface area contributed by atoms with Crippen molar-refractivity contribution in [2.45, 2.75) is 33.2 Å². The summed E-state index contributed by atoms with van der Waals surface area (Å²) in [7, 11) is 2.06. The van der Waals surface area contributed by atoms with Crippen LogP contribution in [-0.4, -0.2) is 60.6 Å². The first-order chi connectivity index (χ1) is 14.8. The number of nitrogens with one attached hydrogen (secondary N) is 1. The van der Waals surface area contributed by atoms with E-state index < -0.39 is 0 Å². The molecule has 0 saturated carbocycles. The minimum atomic E-state index is -0.156. The number of hydrogen-bond acceptors (Lipinski definition) is 4. The molecule has 0 aromatic heterocycles. The molecular formula is C25H31N3O3. The van der Waals surface area contributed by atoms with E-state index in [9.17, 15) is 14.4 Å². The summed E-state index contributed by atoms with van der Waals surface area (Å²) < 4.78 is 0. The Hall–Kier alpha value is -2.99. The fourth-order valence-corrected chi connectivity index (χ4v) is 3.64. The Morgan fingerprint density at radius 2 is 1.58 bits per heavy atom. The van der Waals surface area contributed by atoms with Gasteiger partial charge in [0.05, 0.1) is 0 Å². The molecular weight excluding hydrogens is 390 g/mol. The van der Waals surface area contributed by atoms with Gasteiger partial charge in [-0.25, -0.2) is 0 Å². The normalized spacial score (nSPS) is 14.4. The standard InChI is InChI=1S/C25H31N3O3/c1-18-4-5-19(2)22(16-18)23(29)10-11-24(30)26-17-20-6-8-21(9-7-20)25(31)28-14-12-27(3)13-15-28/h4-9,16H,10-15,17H2,1-3H3,(H,26,30). The van der Waals surface area contributed by atoms with Crippen LogP contribution in [0.2, 0.25) is 0 Å². The Bertz CT molecular complexity index is 945. The van der Waals surface area contributed by atoms with Crippen molar-refractivity contribution >= 4 is 17.6 Å². The van der Waals surface area contributed by atoms with Crippen molar-refractivity contribution in [3.8, 4) is 0 Å². The first-order valence-corrected chi connectivity index (χ1v) is 10.8. The summed E-state index contributed by atoms with van der Waals surface area (Å²) in [5.74, 6) is -0.118. The topological polar surface area (TPSA) is 69.7 Å². The highest BCUT2D eigenvalue weighted by Crippen LogP contribution is 2.14. The fourth-order valence-electron chi connectivity index (χ4n) is 3.64. The van der Waals surface area contributed by atoms with Gasteiger partial charge in [-0.3, -0.25) is 14.4 Å². The van der Waals surface area contributed by atoms with Gasteiger partial charge >= 0.3 is 0 Å². The van der Waals surface area contributed by atoms with Crippen LogP contribution in [0.4, 0.5) is 0 Å². The zero-order chi connectivity index (χ0) is 22.4.